The van der Waals surface area contributed by atoms with Crippen LogP contribution in [0.3, 0.4) is 0 Å². The summed E-state index contributed by atoms with van der Waals surface area (Å²) in [5.41, 5.74) is 1.51. The summed E-state index contributed by atoms with van der Waals surface area (Å²) >= 11 is 2.86. The van der Waals surface area contributed by atoms with Gasteiger partial charge in [0, 0.05) is 16.0 Å². The first-order chi connectivity index (χ1) is 17.9. The fraction of sp³-hybridized carbons (Fsp3) is 0.370. The Hall–Kier alpha value is -3.24. The van der Waals surface area contributed by atoms with Crippen molar-refractivity contribution in [3.8, 4) is 17.2 Å². The monoisotopic (exact) mass is 536 g/mol. The van der Waals surface area contributed by atoms with Gasteiger partial charge in [-0.1, -0.05) is 17.4 Å². The molecule has 0 radical (unpaired) electrons. The molecule has 4 aliphatic rings. The molecule has 3 aromatic rings. The van der Waals surface area contributed by atoms with Crippen molar-refractivity contribution >= 4 is 40.6 Å². The van der Waals surface area contributed by atoms with Crippen LogP contribution in [0.25, 0.3) is 0 Å². The van der Waals surface area contributed by atoms with Crippen molar-refractivity contribution in [2.75, 3.05) is 19.1 Å². The van der Waals surface area contributed by atoms with Crippen LogP contribution >= 0.6 is 23.1 Å². The van der Waals surface area contributed by atoms with Gasteiger partial charge in [0.15, 0.2) is 11.5 Å². The molecule has 2 saturated carbocycles. The third-order valence-corrected chi connectivity index (χ3v) is 11.2. The van der Waals surface area contributed by atoms with Gasteiger partial charge in [0.2, 0.25) is 11.8 Å². The van der Waals surface area contributed by atoms with Crippen molar-refractivity contribution in [3.05, 3.63) is 62.6 Å². The lowest BCUT2D eigenvalue weighted by Gasteiger charge is -2.43. The van der Waals surface area contributed by atoms with Crippen LogP contribution in [-0.2, 0) is 9.59 Å². The minimum Gasteiger partial charge on any atom is -0.504 e. The molecular formula is C27H24N2O6S2. The number of rotatable bonds is 4. The molecule has 0 unspecified atom stereocenters. The second kappa shape index (κ2) is 8.13. The van der Waals surface area contributed by atoms with Crippen LogP contribution < -0.4 is 19.2 Å². The van der Waals surface area contributed by atoms with E-state index in [1.54, 1.807) is 49.2 Å². The molecule has 7 atom stereocenters. The molecule has 2 bridgehead atoms. The van der Waals surface area contributed by atoms with Crippen LogP contribution in [0.2, 0.25) is 0 Å². The third kappa shape index (κ3) is 3.11. The molecule has 8 nitrogen and oxygen atoms in total. The summed E-state index contributed by atoms with van der Waals surface area (Å²) in [4.78, 5) is 45.1. The van der Waals surface area contributed by atoms with Gasteiger partial charge in [-0.2, -0.15) is 0 Å². The highest BCUT2D eigenvalue weighted by Crippen LogP contribution is 2.68. The van der Waals surface area contributed by atoms with Gasteiger partial charge < -0.3 is 19.6 Å². The number of aromatic amines is 1. The van der Waals surface area contributed by atoms with E-state index in [1.165, 1.54) is 23.3 Å². The van der Waals surface area contributed by atoms with Crippen molar-refractivity contribution in [1.29, 1.82) is 0 Å². The van der Waals surface area contributed by atoms with E-state index in [0.717, 1.165) is 21.9 Å². The topological polar surface area (TPSA) is 109 Å². The zero-order valence-corrected chi connectivity index (χ0v) is 21.7. The molecule has 1 saturated heterocycles. The number of carbonyl (C=O) groups is 2. The maximum atomic E-state index is 13.8. The Morgan fingerprint density at radius 1 is 0.973 bits per heavy atom. The summed E-state index contributed by atoms with van der Waals surface area (Å²) in [5, 5.41) is 11.2. The number of amides is 2. The number of imide groups is 1. The molecule has 2 aliphatic carbocycles. The Morgan fingerprint density at radius 2 is 1.70 bits per heavy atom. The molecule has 3 fully saturated rings. The average molecular weight is 537 g/mol. The minimum atomic E-state index is -0.375. The number of aromatic nitrogens is 1. The number of phenolic OH excluding ortho intramolecular Hbond substituents is 1. The Kier molecular flexibility index (Phi) is 5.04. The number of nitrogens with zero attached hydrogens (tertiary/aromatic N) is 1. The van der Waals surface area contributed by atoms with Gasteiger partial charge in [-0.05, 0) is 66.1 Å². The van der Waals surface area contributed by atoms with E-state index in [-0.39, 0.29) is 63.2 Å². The van der Waals surface area contributed by atoms with Crippen molar-refractivity contribution in [1.82, 2.24) is 4.98 Å². The van der Waals surface area contributed by atoms with Crippen LogP contribution in [0.1, 0.15) is 22.8 Å². The molecule has 3 heterocycles. The molecule has 7 rings (SSSR count). The molecule has 0 spiro atoms. The highest BCUT2D eigenvalue weighted by atomic mass is 32.2. The fourth-order valence-electron chi connectivity index (χ4n) is 7.26. The lowest BCUT2D eigenvalue weighted by molar-refractivity contribution is -0.123. The van der Waals surface area contributed by atoms with E-state index in [2.05, 4.69) is 4.98 Å². The number of anilines is 1. The van der Waals surface area contributed by atoms with E-state index in [1.807, 2.05) is 12.1 Å². The number of thioether (sulfide) groups is 1. The van der Waals surface area contributed by atoms with Crippen LogP contribution in [-0.4, -0.2) is 41.4 Å². The number of thiazole rings is 1. The third-order valence-electron chi connectivity index (χ3n) is 8.62. The lowest BCUT2D eigenvalue weighted by Crippen LogP contribution is -2.42. The summed E-state index contributed by atoms with van der Waals surface area (Å²) < 4.78 is 10.6. The molecule has 2 N–H and O–H groups in total. The average Bonchev–Trinajstić information content (AvgIpc) is 3.63. The van der Waals surface area contributed by atoms with Gasteiger partial charge in [0.25, 0.3) is 0 Å². The Labute approximate surface area is 220 Å². The number of hydrogen-bond donors (Lipinski definition) is 2. The quantitative estimate of drug-likeness (QED) is 0.488. The Morgan fingerprint density at radius 3 is 2.41 bits per heavy atom. The number of benzene rings is 2. The number of phenols is 1. The number of methoxy groups -OCH3 is 2. The molecule has 10 heteroatoms. The van der Waals surface area contributed by atoms with E-state index >= 15 is 0 Å². The van der Waals surface area contributed by atoms with Gasteiger partial charge >= 0.3 is 4.87 Å². The van der Waals surface area contributed by atoms with Crippen molar-refractivity contribution in [3.63, 3.8) is 0 Å². The summed E-state index contributed by atoms with van der Waals surface area (Å²) in [5.74, 6) is 0.111. The van der Waals surface area contributed by atoms with E-state index in [4.69, 9.17) is 9.47 Å². The molecule has 37 heavy (non-hydrogen) atoms. The van der Waals surface area contributed by atoms with Crippen molar-refractivity contribution < 1.29 is 24.2 Å². The van der Waals surface area contributed by atoms with E-state index in [0.29, 0.717) is 17.2 Å². The molecule has 190 valence electrons. The van der Waals surface area contributed by atoms with Gasteiger partial charge in [0.1, 0.15) is 5.75 Å². The summed E-state index contributed by atoms with van der Waals surface area (Å²) in [6, 6.07) is 12.4. The van der Waals surface area contributed by atoms with Crippen LogP contribution in [0.15, 0.2) is 52.3 Å². The summed E-state index contributed by atoms with van der Waals surface area (Å²) in [7, 11) is 3.09. The number of H-pyrrole nitrogens is 1. The number of hydrogen-bond acceptors (Lipinski definition) is 8. The second-order valence-electron chi connectivity index (χ2n) is 10.1. The second-order valence-corrected chi connectivity index (χ2v) is 12.3. The normalized spacial score (nSPS) is 31.3. The Bertz CT molecular complexity index is 1500. The highest BCUT2D eigenvalue weighted by Gasteiger charge is 2.69. The van der Waals surface area contributed by atoms with Gasteiger partial charge in [-0.25, -0.2) is 0 Å². The van der Waals surface area contributed by atoms with E-state index in [9.17, 15) is 19.5 Å². The first kappa shape index (κ1) is 22.9. The SMILES string of the molecule is COc1ccc(N2C(=O)[C@H]3[C@H]4C[C@@H]([C@@H]3C2=O)[C@H]2[C@H](c3ccc(O)c(OC)c3)c3sc(=O)[nH]c3S[C@H]42)cc1. The predicted octanol–water partition coefficient (Wildman–Crippen LogP) is 3.84. The number of nitrogens with one attached hydrogen (secondary N) is 1. The fourth-order valence-corrected chi connectivity index (χ4v) is 10.2. The highest BCUT2D eigenvalue weighted by molar-refractivity contribution is 8.00. The van der Waals surface area contributed by atoms with Gasteiger partial charge in [-0.15, -0.1) is 11.8 Å². The molecule has 2 aromatic carbocycles. The van der Waals surface area contributed by atoms with Crippen molar-refractivity contribution in [2.24, 2.45) is 29.6 Å². The molecular weight excluding hydrogens is 512 g/mol. The van der Waals surface area contributed by atoms with Gasteiger partial charge in [0.05, 0.1) is 36.8 Å². The molecule has 2 aliphatic heterocycles. The number of aromatic hydroxyl groups is 1. The molecule has 2 amide bonds. The predicted molar refractivity (Wildman–Crippen MR) is 139 cm³/mol. The van der Waals surface area contributed by atoms with Crippen LogP contribution in [0.4, 0.5) is 5.69 Å². The zero-order chi connectivity index (χ0) is 25.6. The van der Waals surface area contributed by atoms with Gasteiger partial charge in [-0.3, -0.25) is 19.3 Å². The number of ether oxygens (including phenoxy) is 2. The largest absolute Gasteiger partial charge is 0.504 e. The standard InChI is InChI=1S/C27H24N2O6S2/c1-34-13-6-4-12(5-7-13)29-25(31)20-14-10-15(21(20)26(29)32)22-19(14)18(23-24(36-22)28-27(33)37-23)11-3-8-16(30)17(9-11)35-2/h3-9,14-15,18-22,30H,10H2,1-2H3,(H,28,33)/t14-,15-,18+,19+,20+,21+,22-/m1/s1. The number of carbonyl (C=O) groups excluding carboxylic acids is 2. The summed E-state index contributed by atoms with van der Waals surface area (Å²) in [6.07, 6.45) is 0.816. The maximum absolute atomic E-state index is 13.8. The summed E-state index contributed by atoms with van der Waals surface area (Å²) in [6.45, 7) is 0. The molecule has 1 aromatic heterocycles. The van der Waals surface area contributed by atoms with Crippen LogP contribution in [0, 0.1) is 29.6 Å². The first-order valence-corrected chi connectivity index (χ1v) is 13.9. The van der Waals surface area contributed by atoms with E-state index < -0.39 is 0 Å². The van der Waals surface area contributed by atoms with Crippen molar-refractivity contribution in [2.45, 2.75) is 22.6 Å². The lowest BCUT2D eigenvalue weighted by atomic mass is 9.68. The smallest absolute Gasteiger partial charge is 0.305 e. The Balaban J connectivity index is 1.31. The maximum Gasteiger partial charge on any atom is 0.305 e. The van der Waals surface area contributed by atoms with Crippen LogP contribution in [0.5, 0.6) is 17.2 Å². The zero-order valence-electron chi connectivity index (χ0n) is 20.0. The first-order valence-electron chi connectivity index (χ1n) is 12.2. The number of fused-ring (bicyclic) bond motifs is 9. The minimum absolute atomic E-state index is 0.0161.